The molecule has 25 heavy (non-hydrogen) atoms. The number of carbonyl (C=O) groups is 2. The third kappa shape index (κ3) is 3.48. The van der Waals surface area contributed by atoms with Crippen molar-refractivity contribution >= 4 is 22.8 Å². The van der Waals surface area contributed by atoms with Crippen LogP contribution in [0, 0.1) is 11.8 Å². The Morgan fingerprint density at radius 3 is 2.60 bits per heavy atom. The summed E-state index contributed by atoms with van der Waals surface area (Å²) in [5.74, 6) is 0.619. The Kier molecular flexibility index (Phi) is 4.70. The van der Waals surface area contributed by atoms with Crippen molar-refractivity contribution in [3.8, 4) is 0 Å². The highest BCUT2D eigenvalue weighted by molar-refractivity contribution is 5.98. The number of amides is 3. The largest absolute Gasteiger partial charge is 0.351 e. The average molecular weight is 342 g/mol. The summed E-state index contributed by atoms with van der Waals surface area (Å²) in [6.45, 7) is 5.47. The van der Waals surface area contributed by atoms with E-state index in [0.29, 0.717) is 24.7 Å². The minimum absolute atomic E-state index is 0.0107. The number of nitrogens with zero attached hydrogens (tertiary/aromatic N) is 2. The number of nitrogens with one attached hydrogen (secondary N) is 2. The Balaban J connectivity index is 1.77. The average Bonchev–Trinajstić information content (AvgIpc) is 3.17. The van der Waals surface area contributed by atoms with Crippen LogP contribution in [0.15, 0.2) is 30.3 Å². The molecule has 0 bridgehead atoms. The Morgan fingerprint density at radius 1 is 1.24 bits per heavy atom. The molecule has 1 aliphatic heterocycles. The van der Waals surface area contributed by atoms with Crippen LogP contribution in [-0.2, 0) is 0 Å². The van der Waals surface area contributed by atoms with Crippen molar-refractivity contribution in [1.29, 1.82) is 0 Å². The number of aromatic amines is 1. The van der Waals surface area contributed by atoms with Crippen molar-refractivity contribution in [1.82, 2.24) is 20.1 Å². The van der Waals surface area contributed by atoms with Gasteiger partial charge < -0.3 is 20.1 Å². The summed E-state index contributed by atoms with van der Waals surface area (Å²) in [5, 5.41) is 4.09. The Labute approximate surface area is 148 Å². The monoisotopic (exact) mass is 342 g/mol. The Hall–Kier alpha value is -2.50. The van der Waals surface area contributed by atoms with E-state index in [0.717, 1.165) is 10.9 Å². The maximum Gasteiger partial charge on any atom is 0.317 e. The summed E-state index contributed by atoms with van der Waals surface area (Å²) >= 11 is 0. The second kappa shape index (κ2) is 6.78. The van der Waals surface area contributed by atoms with Crippen LogP contribution in [0.2, 0.25) is 0 Å². The first-order valence-corrected chi connectivity index (χ1v) is 8.71. The maximum absolute atomic E-state index is 12.9. The summed E-state index contributed by atoms with van der Waals surface area (Å²) in [6, 6.07) is 9.62. The van der Waals surface area contributed by atoms with Crippen molar-refractivity contribution in [2.75, 3.05) is 27.2 Å². The highest BCUT2D eigenvalue weighted by Crippen LogP contribution is 2.26. The molecule has 0 spiro atoms. The summed E-state index contributed by atoms with van der Waals surface area (Å²) in [5.41, 5.74) is 1.56. The number of fused-ring (bicyclic) bond motifs is 1. The first kappa shape index (κ1) is 17.3. The van der Waals surface area contributed by atoms with E-state index in [2.05, 4.69) is 24.1 Å². The van der Waals surface area contributed by atoms with Gasteiger partial charge in [0, 0.05) is 44.0 Å². The highest BCUT2D eigenvalue weighted by Gasteiger charge is 2.38. The van der Waals surface area contributed by atoms with Gasteiger partial charge >= 0.3 is 6.03 Å². The molecule has 2 heterocycles. The molecular weight excluding hydrogens is 316 g/mol. The van der Waals surface area contributed by atoms with Crippen molar-refractivity contribution in [2.24, 2.45) is 11.8 Å². The molecule has 1 aromatic carbocycles. The smallest absolute Gasteiger partial charge is 0.317 e. The van der Waals surface area contributed by atoms with Crippen LogP contribution >= 0.6 is 0 Å². The van der Waals surface area contributed by atoms with Gasteiger partial charge in [0.15, 0.2) is 0 Å². The minimum atomic E-state index is -0.115. The van der Waals surface area contributed by atoms with Gasteiger partial charge in [-0.05, 0) is 18.1 Å². The molecule has 0 radical (unpaired) electrons. The number of aromatic nitrogens is 1. The number of carbonyl (C=O) groups excluding carboxylic acids is 2. The number of para-hydroxylation sites is 1. The molecule has 1 aliphatic rings. The van der Waals surface area contributed by atoms with Crippen LogP contribution in [-0.4, -0.2) is 59.9 Å². The third-order valence-electron chi connectivity index (χ3n) is 4.98. The molecule has 6 nitrogen and oxygen atoms in total. The summed E-state index contributed by atoms with van der Waals surface area (Å²) in [7, 11) is 3.45. The zero-order valence-corrected chi connectivity index (χ0v) is 15.2. The van der Waals surface area contributed by atoms with Gasteiger partial charge in [0.1, 0.15) is 5.69 Å². The fraction of sp³-hybridized carbons (Fsp3) is 0.474. The van der Waals surface area contributed by atoms with Crippen molar-refractivity contribution in [3.63, 3.8) is 0 Å². The molecule has 1 fully saturated rings. The van der Waals surface area contributed by atoms with E-state index in [1.54, 1.807) is 14.1 Å². The summed E-state index contributed by atoms with van der Waals surface area (Å²) in [4.78, 5) is 31.5. The van der Waals surface area contributed by atoms with Crippen LogP contribution in [0.4, 0.5) is 4.79 Å². The van der Waals surface area contributed by atoms with Gasteiger partial charge in [-0.25, -0.2) is 4.79 Å². The van der Waals surface area contributed by atoms with Gasteiger partial charge in [-0.15, -0.1) is 0 Å². The van der Waals surface area contributed by atoms with Gasteiger partial charge in [-0.1, -0.05) is 32.0 Å². The SMILES string of the molecule is CC(C)[C@@H]1CN(C(=O)c2cc3ccccc3[nH]2)C[C@H]1NC(=O)N(C)C. The maximum atomic E-state index is 12.9. The molecule has 1 saturated heterocycles. The molecular formula is C19H26N4O2. The topological polar surface area (TPSA) is 68.4 Å². The normalized spacial score (nSPS) is 20.3. The molecule has 3 amide bonds. The van der Waals surface area contributed by atoms with Crippen LogP contribution in [0.25, 0.3) is 10.9 Å². The second-order valence-corrected chi connectivity index (χ2v) is 7.34. The number of benzene rings is 1. The van der Waals surface area contributed by atoms with Crippen LogP contribution in [0.3, 0.4) is 0 Å². The molecule has 0 unspecified atom stereocenters. The number of H-pyrrole nitrogens is 1. The molecule has 6 heteroatoms. The van der Waals surface area contributed by atoms with Gasteiger partial charge in [-0.2, -0.15) is 0 Å². The minimum Gasteiger partial charge on any atom is -0.351 e. The van der Waals surface area contributed by atoms with Gasteiger partial charge in [-0.3, -0.25) is 4.79 Å². The number of urea groups is 1. The van der Waals surface area contributed by atoms with E-state index in [-0.39, 0.29) is 23.9 Å². The molecule has 1 aromatic heterocycles. The number of rotatable bonds is 3. The molecule has 0 aliphatic carbocycles. The number of hydrogen-bond acceptors (Lipinski definition) is 2. The van der Waals surface area contributed by atoms with Gasteiger partial charge in [0.25, 0.3) is 5.91 Å². The molecule has 2 N–H and O–H groups in total. The van der Waals surface area contributed by atoms with Crippen LogP contribution in [0.1, 0.15) is 24.3 Å². The van der Waals surface area contributed by atoms with E-state index in [9.17, 15) is 9.59 Å². The first-order valence-electron chi connectivity index (χ1n) is 8.71. The Morgan fingerprint density at radius 2 is 1.96 bits per heavy atom. The lowest BCUT2D eigenvalue weighted by Crippen LogP contribution is -2.46. The van der Waals surface area contributed by atoms with Crippen molar-refractivity contribution < 1.29 is 9.59 Å². The van der Waals surface area contributed by atoms with Gasteiger partial charge in [0.05, 0.1) is 6.04 Å². The number of hydrogen-bond donors (Lipinski definition) is 2. The zero-order chi connectivity index (χ0) is 18.1. The highest BCUT2D eigenvalue weighted by atomic mass is 16.2. The Bertz CT molecular complexity index is 748. The quantitative estimate of drug-likeness (QED) is 0.900. The van der Waals surface area contributed by atoms with Crippen LogP contribution < -0.4 is 5.32 Å². The van der Waals surface area contributed by atoms with Crippen molar-refractivity contribution in [2.45, 2.75) is 19.9 Å². The molecule has 134 valence electrons. The fourth-order valence-electron chi connectivity index (χ4n) is 3.47. The fourth-order valence-corrected chi connectivity index (χ4v) is 3.47. The lowest BCUT2D eigenvalue weighted by atomic mass is 9.91. The third-order valence-corrected chi connectivity index (χ3v) is 4.98. The van der Waals surface area contributed by atoms with Crippen LogP contribution in [0.5, 0.6) is 0 Å². The molecule has 2 atom stereocenters. The lowest BCUT2D eigenvalue weighted by molar-refractivity contribution is 0.0777. The van der Waals surface area contributed by atoms with E-state index in [4.69, 9.17) is 0 Å². The van der Waals surface area contributed by atoms with Crippen molar-refractivity contribution in [3.05, 3.63) is 36.0 Å². The van der Waals surface area contributed by atoms with E-state index in [1.807, 2.05) is 35.2 Å². The van der Waals surface area contributed by atoms with E-state index < -0.39 is 0 Å². The molecule has 0 saturated carbocycles. The molecule has 3 rings (SSSR count). The van der Waals surface area contributed by atoms with Gasteiger partial charge in [0.2, 0.25) is 0 Å². The summed E-state index contributed by atoms with van der Waals surface area (Å²) < 4.78 is 0. The predicted octanol–water partition coefficient (Wildman–Crippen LogP) is 2.54. The molecule has 2 aromatic rings. The number of likely N-dealkylation sites (tertiary alicyclic amines) is 1. The summed E-state index contributed by atoms with van der Waals surface area (Å²) in [6.07, 6.45) is 0. The zero-order valence-electron chi connectivity index (χ0n) is 15.2. The standard InChI is InChI=1S/C19H26N4O2/c1-12(2)14-10-23(11-17(14)21-19(25)22(3)4)18(24)16-9-13-7-5-6-8-15(13)20-16/h5-9,12,14,17,20H,10-11H2,1-4H3,(H,21,25)/t14-,17+/m0/s1. The predicted molar refractivity (Wildman–Crippen MR) is 98.5 cm³/mol. The van der Waals surface area contributed by atoms with E-state index >= 15 is 0 Å². The first-order chi connectivity index (χ1) is 11.9. The lowest BCUT2D eigenvalue weighted by Gasteiger charge is -2.24. The second-order valence-electron chi connectivity index (χ2n) is 7.34. The van der Waals surface area contributed by atoms with E-state index in [1.165, 1.54) is 4.90 Å².